The highest BCUT2D eigenvalue weighted by atomic mass is 35.5. The number of aromatic amines is 1. The summed E-state index contributed by atoms with van der Waals surface area (Å²) in [4.78, 5) is 33.3. The van der Waals surface area contributed by atoms with Crippen LogP contribution in [0.5, 0.6) is 5.75 Å². The number of carbonyl (C=O) groups excluding carboxylic acids is 2. The summed E-state index contributed by atoms with van der Waals surface area (Å²) in [7, 11) is 1.60. The average molecular weight is 503 g/mol. The second kappa shape index (κ2) is 10.4. The van der Waals surface area contributed by atoms with Crippen LogP contribution in [0.15, 0.2) is 66.7 Å². The van der Waals surface area contributed by atoms with Crippen molar-refractivity contribution in [2.45, 2.75) is 37.1 Å². The molecule has 1 fully saturated rings. The van der Waals surface area contributed by atoms with Gasteiger partial charge in [0.15, 0.2) is 0 Å². The molecular formula is C28H27ClN4O3. The van der Waals surface area contributed by atoms with Crippen LogP contribution in [0.1, 0.15) is 46.4 Å². The Balaban J connectivity index is 1.26. The molecule has 0 aliphatic heterocycles. The van der Waals surface area contributed by atoms with Crippen LogP contribution in [-0.4, -0.2) is 40.3 Å². The van der Waals surface area contributed by atoms with Crippen LogP contribution in [-0.2, 0) is 0 Å². The van der Waals surface area contributed by atoms with E-state index >= 15 is 0 Å². The number of halogens is 1. The average Bonchev–Trinajstić information content (AvgIpc) is 3.34. The Hall–Kier alpha value is -3.84. The third kappa shape index (κ3) is 5.36. The van der Waals surface area contributed by atoms with Gasteiger partial charge in [0.25, 0.3) is 11.8 Å². The summed E-state index contributed by atoms with van der Waals surface area (Å²) in [6.07, 6.45) is 3.69. The van der Waals surface area contributed by atoms with Gasteiger partial charge in [-0.15, -0.1) is 11.6 Å². The largest absolute Gasteiger partial charge is 0.497 e. The van der Waals surface area contributed by atoms with Crippen molar-refractivity contribution in [3.8, 4) is 17.1 Å². The van der Waals surface area contributed by atoms with Crippen molar-refractivity contribution in [3.63, 3.8) is 0 Å². The van der Waals surface area contributed by atoms with Crippen LogP contribution in [0.3, 0.4) is 0 Å². The van der Waals surface area contributed by atoms with Crippen LogP contribution in [0.2, 0.25) is 0 Å². The monoisotopic (exact) mass is 502 g/mol. The molecule has 1 aliphatic rings. The predicted octanol–water partition coefficient (Wildman–Crippen LogP) is 5.77. The highest BCUT2D eigenvalue weighted by Crippen LogP contribution is 2.25. The molecule has 3 aromatic carbocycles. The summed E-state index contributed by atoms with van der Waals surface area (Å²) in [5.74, 6) is 1.11. The molecule has 2 amide bonds. The quantitative estimate of drug-likeness (QED) is 0.291. The molecule has 3 N–H and O–H groups in total. The van der Waals surface area contributed by atoms with E-state index in [0.717, 1.165) is 48.0 Å². The molecule has 1 saturated carbocycles. The first-order valence-electron chi connectivity index (χ1n) is 12.0. The van der Waals surface area contributed by atoms with Crippen LogP contribution in [0, 0.1) is 0 Å². The minimum atomic E-state index is -0.215. The Morgan fingerprint density at radius 1 is 0.917 bits per heavy atom. The summed E-state index contributed by atoms with van der Waals surface area (Å²) in [5, 5.41) is 6.22. The first kappa shape index (κ1) is 23.9. The normalized spacial score (nSPS) is 17.5. The molecule has 1 heterocycles. The van der Waals surface area contributed by atoms with Crippen LogP contribution < -0.4 is 15.4 Å². The van der Waals surface area contributed by atoms with Gasteiger partial charge in [-0.3, -0.25) is 9.59 Å². The molecule has 1 aromatic heterocycles. The lowest BCUT2D eigenvalue weighted by Gasteiger charge is -2.25. The van der Waals surface area contributed by atoms with Gasteiger partial charge >= 0.3 is 0 Å². The number of benzene rings is 3. The number of carbonyl (C=O) groups is 2. The zero-order chi connectivity index (χ0) is 25.1. The smallest absolute Gasteiger partial charge is 0.255 e. The summed E-state index contributed by atoms with van der Waals surface area (Å²) in [6.45, 7) is 0. The van der Waals surface area contributed by atoms with E-state index < -0.39 is 0 Å². The molecule has 0 radical (unpaired) electrons. The zero-order valence-corrected chi connectivity index (χ0v) is 20.6. The van der Waals surface area contributed by atoms with Crippen molar-refractivity contribution >= 4 is 40.1 Å². The van der Waals surface area contributed by atoms with E-state index in [4.69, 9.17) is 16.3 Å². The van der Waals surface area contributed by atoms with Crippen molar-refractivity contribution < 1.29 is 14.3 Å². The Morgan fingerprint density at radius 2 is 1.61 bits per heavy atom. The fraction of sp³-hybridized carbons (Fsp3) is 0.250. The molecule has 1 aliphatic carbocycles. The number of rotatable bonds is 6. The van der Waals surface area contributed by atoms with Crippen molar-refractivity contribution in [2.24, 2.45) is 0 Å². The highest BCUT2D eigenvalue weighted by molar-refractivity contribution is 6.20. The first-order valence-corrected chi connectivity index (χ1v) is 12.4. The molecule has 5 rings (SSSR count). The van der Waals surface area contributed by atoms with Crippen LogP contribution in [0.4, 0.5) is 5.69 Å². The van der Waals surface area contributed by atoms with Crippen LogP contribution >= 0.6 is 11.6 Å². The third-order valence-electron chi connectivity index (χ3n) is 6.50. The van der Waals surface area contributed by atoms with Gasteiger partial charge in [-0.05, 0) is 80.3 Å². The van der Waals surface area contributed by atoms with Crippen molar-refractivity contribution in [1.29, 1.82) is 0 Å². The summed E-state index contributed by atoms with van der Waals surface area (Å²) in [5.41, 5.74) is 4.17. The Labute approximate surface area is 214 Å². The number of amides is 2. The lowest BCUT2D eigenvalue weighted by Crippen LogP contribution is -2.37. The highest BCUT2D eigenvalue weighted by Gasteiger charge is 2.21. The second-order valence-electron chi connectivity index (χ2n) is 9.00. The van der Waals surface area contributed by atoms with E-state index in [-0.39, 0.29) is 23.2 Å². The Morgan fingerprint density at radius 3 is 2.31 bits per heavy atom. The standard InChI is InChI=1S/C28H27ClN4O3/c1-36-23-13-11-22(12-14-23)31-28(35)19-6-15-24-25(16-19)33-26(32-24)17-2-4-18(5-3-17)27(34)30-21-9-7-20(29)8-10-21/h2-6,11-16,20-21H,7-10H2,1H3,(H,30,34)(H,31,35)(H,32,33). The van der Waals surface area contributed by atoms with E-state index in [0.29, 0.717) is 22.6 Å². The van der Waals surface area contributed by atoms with E-state index in [9.17, 15) is 9.59 Å². The summed E-state index contributed by atoms with van der Waals surface area (Å²) >= 11 is 6.16. The number of imidazole rings is 1. The number of hydrogen-bond acceptors (Lipinski definition) is 4. The van der Waals surface area contributed by atoms with Crippen molar-refractivity contribution in [3.05, 3.63) is 77.9 Å². The fourth-order valence-electron chi connectivity index (χ4n) is 4.41. The number of ether oxygens (including phenoxy) is 1. The Bertz CT molecular complexity index is 1370. The molecule has 0 atom stereocenters. The Kier molecular flexibility index (Phi) is 6.91. The fourth-order valence-corrected chi connectivity index (χ4v) is 4.66. The number of aromatic nitrogens is 2. The molecular weight excluding hydrogens is 476 g/mol. The van der Waals surface area contributed by atoms with Crippen molar-refractivity contribution in [1.82, 2.24) is 15.3 Å². The topological polar surface area (TPSA) is 96.1 Å². The lowest BCUT2D eigenvalue weighted by atomic mass is 9.95. The van der Waals surface area contributed by atoms with Crippen molar-refractivity contribution in [2.75, 3.05) is 12.4 Å². The van der Waals surface area contributed by atoms with Gasteiger partial charge in [0.05, 0.1) is 18.1 Å². The lowest BCUT2D eigenvalue weighted by molar-refractivity contribution is 0.0927. The second-order valence-corrected chi connectivity index (χ2v) is 9.62. The molecule has 0 saturated heterocycles. The molecule has 7 nitrogen and oxygen atoms in total. The molecule has 36 heavy (non-hydrogen) atoms. The predicted molar refractivity (Wildman–Crippen MR) is 142 cm³/mol. The van der Waals surface area contributed by atoms with E-state index in [1.54, 1.807) is 55.6 Å². The first-order chi connectivity index (χ1) is 17.5. The molecule has 0 spiro atoms. The molecule has 4 aromatic rings. The molecule has 184 valence electrons. The minimum absolute atomic E-state index is 0.0725. The molecule has 0 unspecified atom stereocenters. The maximum absolute atomic E-state index is 12.7. The minimum Gasteiger partial charge on any atom is -0.497 e. The maximum atomic E-state index is 12.7. The van der Waals surface area contributed by atoms with Gasteiger partial charge in [0, 0.05) is 33.8 Å². The SMILES string of the molecule is COc1ccc(NC(=O)c2ccc3nc(-c4ccc(C(=O)NC5CCC(Cl)CC5)cc4)[nH]c3c2)cc1. The van der Waals surface area contributed by atoms with E-state index in [1.165, 1.54) is 0 Å². The molecule has 0 bridgehead atoms. The van der Waals surface area contributed by atoms with E-state index in [1.807, 2.05) is 18.2 Å². The number of fused-ring (bicyclic) bond motifs is 1. The van der Waals surface area contributed by atoms with Gasteiger partial charge in [-0.25, -0.2) is 4.98 Å². The van der Waals surface area contributed by atoms with Gasteiger partial charge in [-0.2, -0.15) is 0 Å². The van der Waals surface area contributed by atoms with Gasteiger partial charge < -0.3 is 20.4 Å². The van der Waals surface area contributed by atoms with Gasteiger partial charge in [0.1, 0.15) is 11.6 Å². The maximum Gasteiger partial charge on any atom is 0.255 e. The number of anilines is 1. The van der Waals surface area contributed by atoms with Gasteiger partial charge in [0.2, 0.25) is 0 Å². The molecule has 8 heteroatoms. The third-order valence-corrected chi connectivity index (χ3v) is 6.94. The van der Waals surface area contributed by atoms with Crippen LogP contribution in [0.25, 0.3) is 22.4 Å². The number of hydrogen-bond donors (Lipinski definition) is 3. The van der Waals surface area contributed by atoms with Gasteiger partial charge in [-0.1, -0.05) is 12.1 Å². The number of nitrogens with zero attached hydrogens (tertiary/aromatic N) is 1. The zero-order valence-electron chi connectivity index (χ0n) is 19.9. The summed E-state index contributed by atoms with van der Waals surface area (Å²) < 4.78 is 5.15. The number of H-pyrrole nitrogens is 1. The number of nitrogens with one attached hydrogen (secondary N) is 3. The number of alkyl halides is 1. The summed E-state index contributed by atoms with van der Waals surface area (Å²) in [6, 6.07) is 20.0. The number of methoxy groups -OCH3 is 1. The van der Waals surface area contributed by atoms with E-state index in [2.05, 4.69) is 20.6 Å².